The van der Waals surface area contributed by atoms with Crippen molar-refractivity contribution in [3.8, 4) is 5.75 Å². The van der Waals surface area contributed by atoms with Gasteiger partial charge in [0.25, 0.3) is 0 Å². The van der Waals surface area contributed by atoms with E-state index in [2.05, 4.69) is 6.58 Å². The number of aliphatic carboxylic acids is 1. The molecule has 0 radical (unpaired) electrons. The first-order valence-electron chi connectivity index (χ1n) is 6.32. The van der Waals surface area contributed by atoms with Gasteiger partial charge in [-0.3, -0.25) is 0 Å². The normalized spacial score (nSPS) is 21.9. The van der Waals surface area contributed by atoms with Gasteiger partial charge in [-0.25, -0.2) is 4.79 Å². The molecule has 4 N–H and O–H groups in total. The van der Waals surface area contributed by atoms with E-state index in [0.29, 0.717) is 5.75 Å². The molecule has 0 saturated carbocycles. The highest BCUT2D eigenvalue weighted by atomic mass is 16.5. The standard InChI is InChI=1S/C15H18O4.H3N/c1-10-7-11(2)19-14(8-10)12-5-3-4-6-13(12)18-9-15(16)17;/h3-6,11,14H,1,7-9H2,2H3,(H,16,17);1H3. The summed E-state index contributed by atoms with van der Waals surface area (Å²) < 4.78 is 11.2. The Hall–Kier alpha value is -1.85. The van der Waals surface area contributed by atoms with Crippen molar-refractivity contribution < 1.29 is 19.4 Å². The van der Waals surface area contributed by atoms with Crippen molar-refractivity contribution in [3.05, 3.63) is 42.0 Å². The average Bonchev–Trinajstić information content (AvgIpc) is 2.35. The molecule has 1 aliphatic heterocycles. The summed E-state index contributed by atoms with van der Waals surface area (Å²) in [5.74, 6) is -0.422. The van der Waals surface area contributed by atoms with E-state index in [-0.39, 0.29) is 25.0 Å². The van der Waals surface area contributed by atoms with Gasteiger partial charge in [0.15, 0.2) is 6.61 Å². The van der Waals surface area contributed by atoms with Gasteiger partial charge in [-0.05, 0) is 25.8 Å². The van der Waals surface area contributed by atoms with E-state index >= 15 is 0 Å². The molecule has 1 fully saturated rings. The zero-order valence-corrected chi connectivity index (χ0v) is 11.7. The Morgan fingerprint density at radius 2 is 2.15 bits per heavy atom. The Morgan fingerprint density at radius 1 is 1.45 bits per heavy atom. The van der Waals surface area contributed by atoms with Gasteiger partial charge >= 0.3 is 5.97 Å². The fourth-order valence-corrected chi connectivity index (χ4v) is 2.33. The summed E-state index contributed by atoms with van der Waals surface area (Å²) in [4.78, 5) is 10.6. The number of carboxylic acid groups (broad SMARTS) is 1. The minimum absolute atomic E-state index is 0. The number of para-hydroxylation sites is 1. The van der Waals surface area contributed by atoms with E-state index in [0.717, 1.165) is 24.0 Å². The molecule has 1 aromatic rings. The summed E-state index contributed by atoms with van der Waals surface area (Å²) in [5, 5.41) is 8.69. The van der Waals surface area contributed by atoms with Gasteiger partial charge < -0.3 is 20.7 Å². The number of ether oxygens (including phenoxy) is 2. The molecule has 5 nitrogen and oxygen atoms in total. The minimum Gasteiger partial charge on any atom is -0.482 e. The van der Waals surface area contributed by atoms with Crippen LogP contribution in [0.4, 0.5) is 0 Å². The molecule has 1 saturated heterocycles. The lowest BCUT2D eigenvalue weighted by molar-refractivity contribution is -0.139. The van der Waals surface area contributed by atoms with Crippen molar-refractivity contribution in [2.24, 2.45) is 0 Å². The maximum atomic E-state index is 10.6. The van der Waals surface area contributed by atoms with Crippen LogP contribution >= 0.6 is 0 Å². The van der Waals surface area contributed by atoms with Crippen molar-refractivity contribution >= 4 is 5.97 Å². The van der Waals surface area contributed by atoms with Gasteiger partial charge in [-0.2, -0.15) is 0 Å². The topological polar surface area (TPSA) is 90.8 Å². The second-order valence-electron chi connectivity index (χ2n) is 4.81. The molecule has 0 spiro atoms. The summed E-state index contributed by atoms with van der Waals surface area (Å²) >= 11 is 0. The number of carboxylic acids is 1. The van der Waals surface area contributed by atoms with Crippen LogP contribution in [0.25, 0.3) is 0 Å². The van der Waals surface area contributed by atoms with E-state index in [9.17, 15) is 4.79 Å². The summed E-state index contributed by atoms with van der Waals surface area (Å²) in [6.45, 7) is 5.69. The van der Waals surface area contributed by atoms with Gasteiger partial charge in [0.2, 0.25) is 0 Å². The lowest BCUT2D eigenvalue weighted by Crippen LogP contribution is -2.21. The van der Waals surface area contributed by atoms with Crippen LogP contribution in [0.1, 0.15) is 31.4 Å². The van der Waals surface area contributed by atoms with Gasteiger partial charge in [-0.1, -0.05) is 30.4 Å². The Balaban J connectivity index is 0.00000200. The van der Waals surface area contributed by atoms with E-state index in [4.69, 9.17) is 14.6 Å². The maximum absolute atomic E-state index is 10.6. The van der Waals surface area contributed by atoms with Crippen molar-refractivity contribution in [1.29, 1.82) is 0 Å². The molecule has 5 heteroatoms. The number of carbonyl (C=O) groups is 1. The number of rotatable bonds is 4. The predicted octanol–water partition coefficient (Wildman–Crippen LogP) is 3.11. The molecule has 2 unspecified atom stereocenters. The largest absolute Gasteiger partial charge is 0.482 e. The van der Waals surface area contributed by atoms with Crippen molar-refractivity contribution in [2.75, 3.05) is 6.61 Å². The van der Waals surface area contributed by atoms with Crippen molar-refractivity contribution in [3.63, 3.8) is 0 Å². The molecule has 1 aromatic carbocycles. The average molecular weight is 279 g/mol. The quantitative estimate of drug-likeness (QED) is 0.826. The molecule has 0 amide bonds. The SMILES string of the molecule is C=C1CC(C)OC(c2ccccc2OCC(=O)O)C1.N. The highest BCUT2D eigenvalue weighted by Gasteiger charge is 2.25. The molecule has 0 bridgehead atoms. The first-order valence-corrected chi connectivity index (χ1v) is 6.32. The summed E-state index contributed by atoms with van der Waals surface area (Å²) in [7, 11) is 0. The van der Waals surface area contributed by atoms with Gasteiger partial charge in [0, 0.05) is 5.56 Å². The highest BCUT2D eigenvalue weighted by molar-refractivity contribution is 5.68. The monoisotopic (exact) mass is 279 g/mol. The zero-order chi connectivity index (χ0) is 13.8. The van der Waals surface area contributed by atoms with Crippen LogP contribution in [0.3, 0.4) is 0 Å². The fourth-order valence-electron chi connectivity index (χ4n) is 2.33. The lowest BCUT2D eigenvalue weighted by atomic mass is 9.95. The number of hydrogen-bond acceptors (Lipinski definition) is 4. The molecular formula is C15H21NO4. The second kappa shape index (κ2) is 7.07. The van der Waals surface area contributed by atoms with Gasteiger partial charge in [-0.15, -0.1) is 0 Å². The van der Waals surface area contributed by atoms with E-state index < -0.39 is 5.97 Å². The number of benzene rings is 1. The van der Waals surface area contributed by atoms with Crippen LogP contribution in [0.5, 0.6) is 5.75 Å². The molecule has 20 heavy (non-hydrogen) atoms. The van der Waals surface area contributed by atoms with Crippen LogP contribution in [-0.2, 0) is 9.53 Å². The Kier molecular flexibility index (Phi) is 5.73. The number of hydrogen-bond donors (Lipinski definition) is 2. The van der Waals surface area contributed by atoms with Crippen molar-refractivity contribution in [1.82, 2.24) is 6.15 Å². The third-order valence-corrected chi connectivity index (χ3v) is 3.06. The van der Waals surface area contributed by atoms with E-state index in [1.807, 2.05) is 25.1 Å². The molecule has 2 rings (SSSR count). The smallest absolute Gasteiger partial charge is 0.341 e. The van der Waals surface area contributed by atoms with Crippen molar-refractivity contribution in [2.45, 2.75) is 32.0 Å². The van der Waals surface area contributed by atoms with Gasteiger partial charge in [0.1, 0.15) is 5.75 Å². The second-order valence-corrected chi connectivity index (χ2v) is 4.81. The summed E-state index contributed by atoms with van der Waals surface area (Å²) in [6.07, 6.45) is 1.63. The maximum Gasteiger partial charge on any atom is 0.341 e. The van der Waals surface area contributed by atoms with E-state index in [1.165, 1.54) is 0 Å². The lowest BCUT2D eigenvalue weighted by Gasteiger charge is -2.30. The minimum atomic E-state index is -0.989. The molecule has 0 aliphatic carbocycles. The molecule has 1 heterocycles. The third kappa shape index (κ3) is 4.08. The molecule has 1 aliphatic rings. The Labute approximate surface area is 118 Å². The highest BCUT2D eigenvalue weighted by Crippen LogP contribution is 2.37. The molecular weight excluding hydrogens is 258 g/mol. The summed E-state index contributed by atoms with van der Waals surface area (Å²) in [5.41, 5.74) is 2.04. The van der Waals surface area contributed by atoms with Crippen LogP contribution in [-0.4, -0.2) is 23.8 Å². The Morgan fingerprint density at radius 3 is 2.80 bits per heavy atom. The first-order chi connectivity index (χ1) is 9.06. The molecule has 0 aromatic heterocycles. The van der Waals surface area contributed by atoms with Crippen LogP contribution < -0.4 is 10.9 Å². The van der Waals surface area contributed by atoms with E-state index in [1.54, 1.807) is 6.07 Å². The van der Waals surface area contributed by atoms with Crippen LogP contribution in [0.2, 0.25) is 0 Å². The molecule has 2 atom stereocenters. The van der Waals surface area contributed by atoms with Gasteiger partial charge in [0.05, 0.1) is 12.2 Å². The predicted molar refractivity (Wildman–Crippen MR) is 76.3 cm³/mol. The first kappa shape index (κ1) is 16.2. The van der Waals surface area contributed by atoms with Crippen LogP contribution in [0.15, 0.2) is 36.4 Å². The molecule has 110 valence electrons. The fraction of sp³-hybridized carbons (Fsp3) is 0.400. The summed E-state index contributed by atoms with van der Waals surface area (Å²) in [6, 6.07) is 7.40. The Bertz CT molecular complexity index is 487. The third-order valence-electron chi connectivity index (χ3n) is 3.06. The zero-order valence-electron chi connectivity index (χ0n) is 11.7. The van der Waals surface area contributed by atoms with Crippen LogP contribution in [0, 0.1) is 0 Å².